The predicted octanol–water partition coefficient (Wildman–Crippen LogP) is 2.29. The summed E-state index contributed by atoms with van der Waals surface area (Å²) in [6.45, 7) is 0.347. The third kappa shape index (κ3) is 4.65. The largest absolute Gasteiger partial charge is 0.367 e. The highest BCUT2D eigenvalue weighted by Crippen LogP contribution is 2.06. The summed E-state index contributed by atoms with van der Waals surface area (Å²) in [5, 5.41) is 10.2. The number of aromatic nitrogens is 2. The van der Waals surface area contributed by atoms with E-state index in [0.717, 1.165) is 5.56 Å². The molecule has 1 heterocycles. The molecule has 0 unspecified atom stereocenters. The first kappa shape index (κ1) is 13.5. The van der Waals surface area contributed by atoms with Crippen LogP contribution in [0.4, 0.5) is 5.82 Å². The van der Waals surface area contributed by atoms with Gasteiger partial charge in [0, 0.05) is 0 Å². The Kier molecular flexibility index (Phi) is 4.83. The number of ether oxygens (including phenoxy) is 1. The molecular weight excluding hydrogens is 266 g/mol. The van der Waals surface area contributed by atoms with Gasteiger partial charge in [0.15, 0.2) is 11.0 Å². The van der Waals surface area contributed by atoms with Crippen LogP contribution in [-0.2, 0) is 16.1 Å². The molecule has 0 bridgehead atoms. The van der Waals surface area contributed by atoms with Gasteiger partial charge in [-0.25, -0.2) is 0 Å². The van der Waals surface area contributed by atoms with Crippen LogP contribution >= 0.6 is 11.6 Å². The van der Waals surface area contributed by atoms with E-state index in [1.54, 1.807) is 12.1 Å². The van der Waals surface area contributed by atoms with E-state index in [1.165, 1.54) is 0 Å². The normalized spacial score (nSPS) is 10.2. The van der Waals surface area contributed by atoms with Crippen molar-refractivity contribution in [3.05, 3.63) is 53.2 Å². The zero-order valence-corrected chi connectivity index (χ0v) is 10.8. The van der Waals surface area contributed by atoms with Gasteiger partial charge in [-0.15, -0.1) is 10.2 Å². The molecule has 0 aliphatic carbocycles. The minimum atomic E-state index is -0.285. The molecule has 19 heavy (non-hydrogen) atoms. The van der Waals surface area contributed by atoms with E-state index in [-0.39, 0.29) is 17.7 Å². The maximum atomic E-state index is 11.6. The van der Waals surface area contributed by atoms with Crippen molar-refractivity contribution in [2.45, 2.75) is 6.61 Å². The van der Waals surface area contributed by atoms with Crippen LogP contribution in [0.25, 0.3) is 0 Å². The fourth-order valence-corrected chi connectivity index (χ4v) is 1.50. The van der Waals surface area contributed by atoms with Gasteiger partial charge in [-0.1, -0.05) is 41.9 Å². The fourth-order valence-electron chi connectivity index (χ4n) is 1.40. The minimum Gasteiger partial charge on any atom is -0.367 e. The summed E-state index contributed by atoms with van der Waals surface area (Å²) in [6, 6.07) is 12.8. The van der Waals surface area contributed by atoms with E-state index in [1.807, 2.05) is 30.3 Å². The van der Waals surface area contributed by atoms with Gasteiger partial charge in [-0.05, 0) is 17.7 Å². The van der Waals surface area contributed by atoms with E-state index in [2.05, 4.69) is 15.5 Å². The van der Waals surface area contributed by atoms with Crippen LogP contribution in [0.3, 0.4) is 0 Å². The van der Waals surface area contributed by atoms with Gasteiger partial charge in [0.25, 0.3) is 5.91 Å². The Bertz CT molecular complexity index is 531. The molecule has 0 spiro atoms. The molecule has 5 nitrogen and oxygen atoms in total. The summed E-state index contributed by atoms with van der Waals surface area (Å²) in [5.74, 6) is 0.0604. The van der Waals surface area contributed by atoms with Crippen molar-refractivity contribution in [2.24, 2.45) is 0 Å². The van der Waals surface area contributed by atoms with Crippen molar-refractivity contribution < 1.29 is 9.53 Å². The maximum absolute atomic E-state index is 11.6. The molecule has 6 heteroatoms. The molecule has 2 rings (SSSR count). The molecule has 0 aliphatic heterocycles. The highest BCUT2D eigenvalue weighted by molar-refractivity contribution is 6.29. The molecule has 0 atom stereocenters. The van der Waals surface area contributed by atoms with Crippen LogP contribution in [0, 0.1) is 0 Å². The van der Waals surface area contributed by atoms with Crippen molar-refractivity contribution in [3.63, 3.8) is 0 Å². The van der Waals surface area contributed by atoms with Gasteiger partial charge in [-0.3, -0.25) is 4.79 Å². The van der Waals surface area contributed by atoms with E-state index in [4.69, 9.17) is 16.3 Å². The van der Waals surface area contributed by atoms with Crippen LogP contribution in [-0.4, -0.2) is 22.7 Å². The Balaban J connectivity index is 1.74. The highest BCUT2D eigenvalue weighted by atomic mass is 35.5. The molecule has 0 aliphatic rings. The Morgan fingerprint density at radius 3 is 2.63 bits per heavy atom. The number of hydrogen-bond acceptors (Lipinski definition) is 4. The van der Waals surface area contributed by atoms with Gasteiger partial charge in [-0.2, -0.15) is 0 Å². The molecular formula is C13H12ClN3O2. The van der Waals surface area contributed by atoms with Crippen LogP contribution in [0.1, 0.15) is 5.56 Å². The lowest BCUT2D eigenvalue weighted by molar-refractivity contribution is -0.121. The van der Waals surface area contributed by atoms with Crippen molar-refractivity contribution in [1.29, 1.82) is 0 Å². The van der Waals surface area contributed by atoms with Crippen LogP contribution in [0.2, 0.25) is 5.15 Å². The quantitative estimate of drug-likeness (QED) is 0.911. The standard InChI is InChI=1S/C13H12ClN3O2/c14-11-6-7-12(17-16-11)15-13(18)9-19-8-10-4-2-1-3-5-10/h1-7H,8-9H2,(H,15,17,18). The number of anilines is 1. The zero-order valence-electron chi connectivity index (χ0n) is 10.0. The van der Waals surface area contributed by atoms with Gasteiger partial charge in [0.1, 0.15) is 6.61 Å². The van der Waals surface area contributed by atoms with E-state index < -0.39 is 0 Å². The molecule has 1 aromatic heterocycles. The number of amides is 1. The lowest BCUT2D eigenvalue weighted by Gasteiger charge is -2.05. The van der Waals surface area contributed by atoms with Crippen LogP contribution < -0.4 is 5.32 Å². The fraction of sp³-hybridized carbons (Fsp3) is 0.154. The summed E-state index contributed by atoms with van der Waals surface area (Å²) in [4.78, 5) is 11.6. The molecule has 2 aromatic rings. The molecule has 1 aromatic carbocycles. The Morgan fingerprint density at radius 2 is 1.95 bits per heavy atom. The molecule has 0 radical (unpaired) electrons. The first-order valence-electron chi connectivity index (χ1n) is 5.65. The smallest absolute Gasteiger partial charge is 0.251 e. The molecule has 0 saturated heterocycles. The molecule has 0 fully saturated rings. The predicted molar refractivity (Wildman–Crippen MR) is 71.8 cm³/mol. The van der Waals surface area contributed by atoms with Gasteiger partial charge in [0.2, 0.25) is 0 Å². The van der Waals surface area contributed by atoms with Crippen molar-refractivity contribution in [1.82, 2.24) is 10.2 Å². The Morgan fingerprint density at radius 1 is 1.16 bits per heavy atom. The van der Waals surface area contributed by atoms with Crippen molar-refractivity contribution >= 4 is 23.3 Å². The highest BCUT2D eigenvalue weighted by Gasteiger charge is 2.04. The van der Waals surface area contributed by atoms with Crippen LogP contribution in [0.5, 0.6) is 0 Å². The van der Waals surface area contributed by atoms with Gasteiger partial charge < -0.3 is 10.1 Å². The number of nitrogens with one attached hydrogen (secondary N) is 1. The third-order valence-electron chi connectivity index (χ3n) is 2.24. The first-order chi connectivity index (χ1) is 9.24. The van der Waals surface area contributed by atoms with E-state index >= 15 is 0 Å². The molecule has 0 saturated carbocycles. The second kappa shape index (κ2) is 6.82. The molecule has 1 N–H and O–H groups in total. The Hall–Kier alpha value is -1.98. The summed E-state index contributed by atoms with van der Waals surface area (Å²) in [5.41, 5.74) is 1.02. The summed E-state index contributed by atoms with van der Waals surface area (Å²) in [6.07, 6.45) is 0. The minimum absolute atomic E-state index is 0.0425. The topological polar surface area (TPSA) is 64.1 Å². The summed E-state index contributed by atoms with van der Waals surface area (Å²) < 4.78 is 5.29. The number of hydrogen-bond donors (Lipinski definition) is 1. The maximum Gasteiger partial charge on any atom is 0.251 e. The van der Waals surface area contributed by atoms with Crippen molar-refractivity contribution in [3.8, 4) is 0 Å². The zero-order chi connectivity index (χ0) is 13.5. The lowest BCUT2D eigenvalue weighted by Crippen LogP contribution is -2.19. The van der Waals surface area contributed by atoms with E-state index in [9.17, 15) is 4.79 Å². The number of nitrogens with zero attached hydrogens (tertiary/aromatic N) is 2. The van der Waals surface area contributed by atoms with Crippen LogP contribution in [0.15, 0.2) is 42.5 Å². The number of carbonyl (C=O) groups is 1. The molecule has 1 amide bonds. The summed E-state index contributed by atoms with van der Waals surface area (Å²) >= 11 is 5.59. The van der Waals surface area contributed by atoms with Gasteiger partial charge >= 0.3 is 0 Å². The number of halogens is 1. The summed E-state index contributed by atoms with van der Waals surface area (Å²) in [7, 11) is 0. The average Bonchev–Trinajstić information content (AvgIpc) is 2.43. The average molecular weight is 278 g/mol. The second-order valence-corrected chi connectivity index (χ2v) is 4.16. The first-order valence-corrected chi connectivity index (χ1v) is 6.02. The SMILES string of the molecule is O=C(COCc1ccccc1)Nc1ccc(Cl)nn1. The third-order valence-corrected chi connectivity index (χ3v) is 2.45. The van der Waals surface area contributed by atoms with Gasteiger partial charge in [0.05, 0.1) is 6.61 Å². The number of rotatable bonds is 5. The Labute approximate surface area is 115 Å². The number of benzene rings is 1. The number of carbonyl (C=O) groups excluding carboxylic acids is 1. The lowest BCUT2D eigenvalue weighted by atomic mass is 10.2. The monoisotopic (exact) mass is 277 g/mol. The van der Waals surface area contributed by atoms with E-state index in [0.29, 0.717) is 12.4 Å². The van der Waals surface area contributed by atoms with Crippen molar-refractivity contribution in [2.75, 3.05) is 11.9 Å². The second-order valence-electron chi connectivity index (χ2n) is 3.77. The molecule has 98 valence electrons.